The van der Waals surface area contributed by atoms with Crippen molar-refractivity contribution in [2.45, 2.75) is 18.9 Å². The summed E-state index contributed by atoms with van der Waals surface area (Å²) in [5.74, 6) is -0.209. The van der Waals surface area contributed by atoms with E-state index in [1.54, 1.807) is 42.5 Å². The lowest BCUT2D eigenvalue weighted by atomic mass is 10.1. The Kier molecular flexibility index (Phi) is 5.30. The highest BCUT2D eigenvalue weighted by molar-refractivity contribution is 6.05. The van der Waals surface area contributed by atoms with Crippen LogP contribution in [0.1, 0.15) is 33.6 Å². The molecule has 3 rings (SSSR count). The van der Waals surface area contributed by atoms with Crippen molar-refractivity contribution in [3.63, 3.8) is 0 Å². The molecule has 6 heteroatoms. The molecule has 130 valence electrons. The number of primary amides is 1. The van der Waals surface area contributed by atoms with Gasteiger partial charge >= 0.3 is 0 Å². The van der Waals surface area contributed by atoms with Crippen molar-refractivity contribution in [1.29, 1.82) is 0 Å². The molecular formula is C19H20N2O4. The Morgan fingerprint density at radius 3 is 2.72 bits per heavy atom. The number of carbonyl (C=O) groups is 2. The minimum atomic E-state index is -0.541. The second-order valence-corrected chi connectivity index (χ2v) is 5.87. The lowest BCUT2D eigenvalue weighted by Crippen LogP contribution is -2.17. The highest BCUT2D eigenvalue weighted by atomic mass is 16.5. The Hall–Kier alpha value is -2.86. The molecule has 0 saturated carbocycles. The van der Waals surface area contributed by atoms with E-state index in [2.05, 4.69) is 5.32 Å². The summed E-state index contributed by atoms with van der Waals surface area (Å²) in [6.45, 7) is 1.26. The Bertz CT molecular complexity index is 770. The fraction of sp³-hybridized carbons (Fsp3) is 0.263. The Morgan fingerprint density at radius 2 is 1.96 bits per heavy atom. The molecule has 3 N–H and O–H groups in total. The number of benzene rings is 2. The van der Waals surface area contributed by atoms with E-state index >= 15 is 0 Å². The van der Waals surface area contributed by atoms with Crippen LogP contribution in [0.2, 0.25) is 0 Å². The molecule has 1 fully saturated rings. The fourth-order valence-corrected chi connectivity index (χ4v) is 2.65. The number of rotatable bonds is 6. The van der Waals surface area contributed by atoms with Crippen LogP contribution in [0.3, 0.4) is 0 Å². The molecule has 6 nitrogen and oxygen atoms in total. The Labute approximate surface area is 145 Å². The van der Waals surface area contributed by atoms with Crippen LogP contribution in [-0.4, -0.2) is 31.1 Å². The molecule has 2 aromatic rings. The molecule has 0 aliphatic carbocycles. The molecule has 25 heavy (non-hydrogen) atoms. The third-order valence-corrected chi connectivity index (χ3v) is 3.96. The number of hydrogen-bond acceptors (Lipinski definition) is 4. The number of amides is 2. The molecule has 0 radical (unpaired) electrons. The maximum Gasteiger partial charge on any atom is 0.255 e. The maximum atomic E-state index is 12.4. The molecular weight excluding hydrogens is 320 g/mol. The van der Waals surface area contributed by atoms with E-state index < -0.39 is 5.91 Å². The van der Waals surface area contributed by atoms with Gasteiger partial charge in [-0.2, -0.15) is 0 Å². The molecule has 0 unspecified atom stereocenters. The molecule has 0 bridgehead atoms. The first-order chi connectivity index (χ1) is 12.1. The summed E-state index contributed by atoms with van der Waals surface area (Å²) < 4.78 is 11.2. The third-order valence-electron chi connectivity index (χ3n) is 3.96. The highest BCUT2D eigenvalue weighted by Crippen LogP contribution is 2.18. The van der Waals surface area contributed by atoms with Gasteiger partial charge in [-0.1, -0.05) is 12.1 Å². The van der Waals surface area contributed by atoms with Crippen LogP contribution in [0.15, 0.2) is 48.5 Å². The minimum absolute atomic E-state index is 0.119. The summed E-state index contributed by atoms with van der Waals surface area (Å²) in [4.78, 5) is 23.6. The zero-order valence-corrected chi connectivity index (χ0v) is 13.7. The summed E-state index contributed by atoms with van der Waals surface area (Å²) in [5, 5.41) is 2.75. The average molecular weight is 340 g/mol. The summed E-state index contributed by atoms with van der Waals surface area (Å²) >= 11 is 0. The maximum absolute atomic E-state index is 12.4. The standard InChI is InChI=1S/C19H20N2O4/c20-18(22)13-4-1-6-15(10-13)21-19(23)14-5-2-7-16(11-14)25-12-17-8-3-9-24-17/h1-2,4-7,10-11,17H,3,8-9,12H2,(H2,20,22)(H,21,23)/t17-/m0/s1. The summed E-state index contributed by atoms with van der Waals surface area (Å²) in [5.41, 5.74) is 6.56. The van der Waals surface area contributed by atoms with E-state index in [1.165, 1.54) is 6.07 Å². The van der Waals surface area contributed by atoms with Gasteiger partial charge in [0.15, 0.2) is 0 Å². The van der Waals surface area contributed by atoms with Crippen LogP contribution in [0.4, 0.5) is 5.69 Å². The van der Waals surface area contributed by atoms with Crippen LogP contribution in [0.25, 0.3) is 0 Å². The molecule has 1 saturated heterocycles. The van der Waals surface area contributed by atoms with Gasteiger partial charge < -0.3 is 20.5 Å². The molecule has 2 amide bonds. The Morgan fingerprint density at radius 1 is 1.16 bits per heavy atom. The van der Waals surface area contributed by atoms with Crippen LogP contribution in [0.5, 0.6) is 5.75 Å². The topological polar surface area (TPSA) is 90.7 Å². The first kappa shape index (κ1) is 17.0. The predicted molar refractivity (Wildman–Crippen MR) is 93.8 cm³/mol. The van der Waals surface area contributed by atoms with Gasteiger partial charge in [0.05, 0.1) is 6.10 Å². The van der Waals surface area contributed by atoms with E-state index in [9.17, 15) is 9.59 Å². The van der Waals surface area contributed by atoms with Gasteiger partial charge in [-0.25, -0.2) is 0 Å². The zero-order chi connectivity index (χ0) is 17.6. The van der Waals surface area contributed by atoms with Gasteiger partial charge in [-0.05, 0) is 49.2 Å². The fourth-order valence-electron chi connectivity index (χ4n) is 2.65. The minimum Gasteiger partial charge on any atom is -0.491 e. The van der Waals surface area contributed by atoms with E-state index in [-0.39, 0.29) is 12.0 Å². The summed E-state index contributed by atoms with van der Waals surface area (Å²) in [6.07, 6.45) is 2.17. The smallest absolute Gasteiger partial charge is 0.255 e. The largest absolute Gasteiger partial charge is 0.491 e. The van der Waals surface area contributed by atoms with Gasteiger partial charge in [-0.15, -0.1) is 0 Å². The summed E-state index contributed by atoms with van der Waals surface area (Å²) in [7, 11) is 0. The van der Waals surface area contributed by atoms with Crippen LogP contribution in [-0.2, 0) is 4.74 Å². The first-order valence-electron chi connectivity index (χ1n) is 8.17. The monoisotopic (exact) mass is 340 g/mol. The van der Waals surface area contributed by atoms with Crippen LogP contribution in [0, 0.1) is 0 Å². The molecule has 0 spiro atoms. The highest BCUT2D eigenvalue weighted by Gasteiger charge is 2.16. The molecule has 1 atom stereocenters. The lowest BCUT2D eigenvalue weighted by Gasteiger charge is -2.12. The zero-order valence-electron chi connectivity index (χ0n) is 13.7. The van der Waals surface area contributed by atoms with E-state index in [1.807, 2.05) is 0 Å². The second kappa shape index (κ2) is 7.81. The number of anilines is 1. The second-order valence-electron chi connectivity index (χ2n) is 5.87. The number of hydrogen-bond donors (Lipinski definition) is 2. The predicted octanol–water partition coefficient (Wildman–Crippen LogP) is 2.60. The lowest BCUT2D eigenvalue weighted by molar-refractivity contribution is 0.0679. The average Bonchev–Trinajstić information content (AvgIpc) is 3.14. The van der Waals surface area contributed by atoms with Crippen molar-refractivity contribution in [1.82, 2.24) is 0 Å². The van der Waals surface area contributed by atoms with Gasteiger partial charge in [0.2, 0.25) is 5.91 Å². The van der Waals surface area contributed by atoms with Crippen molar-refractivity contribution in [3.8, 4) is 5.75 Å². The molecule has 0 aromatic heterocycles. The van der Waals surface area contributed by atoms with Gasteiger partial charge in [0.25, 0.3) is 5.91 Å². The number of nitrogens with one attached hydrogen (secondary N) is 1. The SMILES string of the molecule is NC(=O)c1cccc(NC(=O)c2cccc(OC[C@@H]3CCCO3)c2)c1. The van der Waals surface area contributed by atoms with Gasteiger partial charge in [-0.3, -0.25) is 9.59 Å². The molecule has 1 heterocycles. The van der Waals surface area contributed by atoms with Gasteiger partial charge in [0.1, 0.15) is 12.4 Å². The van der Waals surface area contributed by atoms with Gasteiger partial charge in [0, 0.05) is 23.4 Å². The quantitative estimate of drug-likeness (QED) is 0.846. The Balaban J connectivity index is 1.64. The van der Waals surface area contributed by atoms with Crippen molar-refractivity contribution >= 4 is 17.5 Å². The number of nitrogens with two attached hydrogens (primary N) is 1. The third kappa shape index (κ3) is 4.58. The van der Waals surface area contributed by atoms with E-state index in [4.69, 9.17) is 15.2 Å². The van der Waals surface area contributed by atoms with Crippen molar-refractivity contribution in [3.05, 3.63) is 59.7 Å². The van der Waals surface area contributed by atoms with Crippen molar-refractivity contribution in [2.75, 3.05) is 18.5 Å². The molecule has 1 aliphatic heterocycles. The van der Waals surface area contributed by atoms with Crippen LogP contribution < -0.4 is 15.8 Å². The number of ether oxygens (including phenoxy) is 2. The first-order valence-corrected chi connectivity index (χ1v) is 8.17. The normalized spacial score (nSPS) is 16.4. The molecule has 1 aliphatic rings. The molecule has 2 aromatic carbocycles. The van der Waals surface area contributed by atoms with Crippen LogP contribution >= 0.6 is 0 Å². The van der Waals surface area contributed by atoms with Crippen molar-refractivity contribution < 1.29 is 19.1 Å². The van der Waals surface area contributed by atoms with Crippen molar-refractivity contribution in [2.24, 2.45) is 5.73 Å². The van der Waals surface area contributed by atoms with E-state index in [0.717, 1.165) is 19.4 Å². The summed E-state index contributed by atoms with van der Waals surface area (Å²) in [6, 6.07) is 13.4. The van der Waals surface area contributed by atoms with E-state index in [0.29, 0.717) is 29.2 Å². The number of carbonyl (C=O) groups excluding carboxylic acids is 2.